The molecule has 0 saturated carbocycles. The Morgan fingerprint density at radius 3 is 2.04 bits per heavy atom. The van der Waals surface area contributed by atoms with Gasteiger partial charge in [0.05, 0.1) is 19.2 Å². The molecule has 19 nitrogen and oxygen atoms in total. The number of rotatable bonds is 24. The highest BCUT2D eigenvalue weighted by atomic mass is 35.5. The number of aliphatic carboxylic acids is 1. The van der Waals surface area contributed by atoms with Gasteiger partial charge in [0.1, 0.15) is 47.3 Å². The third kappa shape index (κ3) is 16.4. The second-order valence-corrected chi connectivity index (χ2v) is 20.8. The molecule has 0 aliphatic carbocycles. The van der Waals surface area contributed by atoms with E-state index in [1.54, 1.807) is 27.7 Å². The number of nitrogens with zero attached hydrogens (tertiary/aromatic N) is 1. The van der Waals surface area contributed by atoms with Gasteiger partial charge in [-0.05, 0) is 92.5 Å². The molecule has 4 aromatic rings. The van der Waals surface area contributed by atoms with Crippen LogP contribution in [0.5, 0.6) is 11.5 Å². The Kier molecular flexibility index (Phi) is 20.2. The van der Waals surface area contributed by atoms with Gasteiger partial charge < -0.3 is 46.1 Å². The summed E-state index contributed by atoms with van der Waals surface area (Å²) in [7, 11) is -1.70. The Bertz CT molecular complexity index is 2760. The molecule has 0 unspecified atom stereocenters. The molecule has 21 heteroatoms. The number of carboxylic acids is 1. The van der Waals surface area contributed by atoms with Crippen molar-refractivity contribution in [1.82, 2.24) is 31.5 Å². The molecule has 0 bridgehead atoms. The summed E-state index contributed by atoms with van der Waals surface area (Å²) in [6.45, 7) is 7.24. The van der Waals surface area contributed by atoms with Crippen LogP contribution in [0.1, 0.15) is 99.7 Å². The largest absolute Gasteiger partial charge is 0.496 e. The van der Waals surface area contributed by atoms with Gasteiger partial charge in [0.2, 0.25) is 29.5 Å². The van der Waals surface area contributed by atoms with Crippen LogP contribution >= 0.6 is 11.6 Å². The van der Waals surface area contributed by atoms with Gasteiger partial charge in [0, 0.05) is 31.3 Å². The second-order valence-electron chi connectivity index (χ2n) is 19.0. The van der Waals surface area contributed by atoms with Gasteiger partial charge in [-0.2, -0.15) is 8.42 Å². The number of fused-ring (bicyclic) bond motifs is 1. The van der Waals surface area contributed by atoms with Crippen LogP contribution in [0.25, 0.3) is 10.8 Å². The lowest BCUT2D eigenvalue weighted by Crippen LogP contribution is -2.59. The third-order valence-electron chi connectivity index (χ3n) is 12.1. The van der Waals surface area contributed by atoms with E-state index < -0.39 is 93.0 Å². The summed E-state index contributed by atoms with van der Waals surface area (Å²) in [4.78, 5) is 98.5. The van der Waals surface area contributed by atoms with Crippen molar-refractivity contribution in [3.05, 3.63) is 106 Å². The van der Waals surface area contributed by atoms with Crippen molar-refractivity contribution >= 4 is 73.9 Å². The topological polar surface area (TPSA) is 276 Å². The van der Waals surface area contributed by atoms with Crippen molar-refractivity contribution in [2.24, 2.45) is 0 Å². The first-order valence-electron chi connectivity index (χ1n) is 24.0. The average Bonchev–Trinajstić information content (AvgIpc) is 3.83. The Balaban J connectivity index is 1.42. The fraction of sp³-hybridized carbons (Fsp3) is 0.442. The predicted molar refractivity (Wildman–Crippen MR) is 274 cm³/mol. The van der Waals surface area contributed by atoms with Gasteiger partial charge in [0.15, 0.2) is 5.75 Å². The van der Waals surface area contributed by atoms with E-state index in [1.165, 1.54) is 55.5 Å². The molecule has 4 aromatic carbocycles. The van der Waals surface area contributed by atoms with Crippen molar-refractivity contribution in [2.45, 2.75) is 127 Å². The highest BCUT2D eigenvalue weighted by Gasteiger charge is 2.40. The van der Waals surface area contributed by atoms with E-state index in [2.05, 4.69) is 26.6 Å². The van der Waals surface area contributed by atoms with Crippen molar-refractivity contribution in [1.29, 1.82) is 0 Å². The first-order valence-corrected chi connectivity index (χ1v) is 26.0. The zero-order valence-corrected chi connectivity index (χ0v) is 43.4. The number of carbonyl (C=O) groups excluding carboxylic acids is 6. The minimum absolute atomic E-state index is 0.00118. The summed E-state index contributed by atoms with van der Waals surface area (Å²) < 4.78 is 43.3. The molecule has 1 aliphatic heterocycles. The maximum Gasteiger partial charge on any atom is 0.303 e. The standard InChI is InChI=1S/C52H65ClN6O13S/c1-7-13-38(55-46(62)39(28-31-21-23-32(24-22-31)30-73(68,69)70)57-50(66)44-42(71-5)26-25-36(53)45(44)72-6)51(67)59-27-12-19-41(59)49(65)56-40(29-34-16-10-15-33-14-8-9-17-35(33)34)47(63)54-37(18-11-20-43(60)61)48(64)58-52(2,3)4/h8-10,14-17,21-26,37-41H,7,11-13,18-20,27-30H2,1-6H3,(H,54,63)(H,55,62)(H,56,65)(H,57,66)(H,58,64)(H,60,61)(H,68,69,70)/t37-,38-,39-,40-,41-/m0/s1. The second kappa shape index (κ2) is 25.7. The number of benzene rings is 4. The van der Waals surface area contributed by atoms with E-state index >= 15 is 0 Å². The van der Waals surface area contributed by atoms with Crippen LogP contribution in [0.2, 0.25) is 5.02 Å². The van der Waals surface area contributed by atoms with E-state index in [4.69, 9.17) is 21.1 Å². The molecule has 1 saturated heterocycles. The molecule has 6 amide bonds. The molecule has 1 heterocycles. The van der Waals surface area contributed by atoms with E-state index in [-0.39, 0.29) is 79.1 Å². The minimum atomic E-state index is -4.34. The lowest BCUT2D eigenvalue weighted by Gasteiger charge is -2.31. The number of carbonyl (C=O) groups is 7. The van der Waals surface area contributed by atoms with Crippen LogP contribution in [0.15, 0.2) is 78.9 Å². The summed E-state index contributed by atoms with van der Waals surface area (Å²) in [5, 5.41) is 25.2. The van der Waals surface area contributed by atoms with Crippen molar-refractivity contribution in [2.75, 3.05) is 20.8 Å². The molecular formula is C52H65ClN6O13S. The lowest BCUT2D eigenvalue weighted by atomic mass is 9.97. The molecule has 5 rings (SSSR count). The van der Waals surface area contributed by atoms with Crippen molar-refractivity contribution in [3.63, 3.8) is 0 Å². The lowest BCUT2D eigenvalue weighted by molar-refractivity contribution is -0.142. The van der Waals surface area contributed by atoms with E-state index in [9.17, 15) is 51.6 Å². The molecule has 0 radical (unpaired) electrons. The Morgan fingerprint density at radius 1 is 0.767 bits per heavy atom. The first kappa shape index (κ1) is 57.1. The van der Waals surface area contributed by atoms with E-state index in [0.29, 0.717) is 24.0 Å². The molecule has 0 aromatic heterocycles. The van der Waals surface area contributed by atoms with Crippen LogP contribution in [0.3, 0.4) is 0 Å². The molecule has 1 aliphatic rings. The summed E-state index contributed by atoms with van der Waals surface area (Å²) >= 11 is 6.38. The molecule has 394 valence electrons. The van der Waals surface area contributed by atoms with Crippen LogP contribution < -0.4 is 36.1 Å². The number of hydrogen-bond donors (Lipinski definition) is 7. The zero-order chi connectivity index (χ0) is 53.6. The quantitative estimate of drug-likeness (QED) is 0.0461. The smallest absolute Gasteiger partial charge is 0.303 e. The van der Waals surface area contributed by atoms with Crippen LogP contribution in [-0.4, -0.2) is 121 Å². The van der Waals surface area contributed by atoms with Gasteiger partial charge in [0.25, 0.3) is 16.0 Å². The Hall–Kier alpha value is -6.77. The number of amides is 6. The Labute approximate surface area is 430 Å². The van der Waals surface area contributed by atoms with E-state index in [1.807, 2.05) is 42.5 Å². The van der Waals surface area contributed by atoms with Crippen LogP contribution in [0, 0.1) is 0 Å². The molecule has 0 spiro atoms. The summed E-state index contributed by atoms with van der Waals surface area (Å²) in [6, 6.07) is 15.9. The molecule has 73 heavy (non-hydrogen) atoms. The molecule has 7 N–H and O–H groups in total. The molecule has 5 atom stereocenters. The van der Waals surface area contributed by atoms with Gasteiger partial charge in [-0.25, -0.2) is 0 Å². The van der Waals surface area contributed by atoms with Gasteiger partial charge in [-0.1, -0.05) is 91.7 Å². The monoisotopic (exact) mass is 1050 g/mol. The zero-order valence-electron chi connectivity index (χ0n) is 41.8. The fourth-order valence-electron chi connectivity index (χ4n) is 8.73. The summed E-state index contributed by atoms with van der Waals surface area (Å²) in [5.74, 6) is -5.70. The van der Waals surface area contributed by atoms with Gasteiger partial charge in [-0.3, -0.25) is 38.1 Å². The minimum Gasteiger partial charge on any atom is -0.496 e. The SMILES string of the molecule is CCC[C@H](NC(=O)[C@H](Cc1ccc(CS(=O)(=O)O)cc1)NC(=O)c1c(OC)ccc(Cl)c1OC)C(=O)N1CCC[C@H]1C(=O)N[C@@H](Cc1cccc2ccccc12)C(=O)N[C@@H](CCCC(=O)O)C(=O)NC(C)(C)C. The normalized spacial score (nSPS) is 15.3. The first-order chi connectivity index (χ1) is 34.5. The van der Waals surface area contributed by atoms with Crippen molar-refractivity contribution < 1.29 is 61.1 Å². The highest BCUT2D eigenvalue weighted by Crippen LogP contribution is 2.35. The highest BCUT2D eigenvalue weighted by molar-refractivity contribution is 7.85. The maximum absolute atomic E-state index is 14.7. The molecular weight excluding hydrogens is 984 g/mol. The van der Waals surface area contributed by atoms with E-state index in [0.717, 1.165) is 10.8 Å². The maximum atomic E-state index is 14.7. The van der Waals surface area contributed by atoms with Gasteiger partial charge >= 0.3 is 5.97 Å². The number of ether oxygens (including phenoxy) is 2. The van der Waals surface area contributed by atoms with Crippen molar-refractivity contribution in [3.8, 4) is 11.5 Å². The number of nitrogens with one attached hydrogen (secondary N) is 5. The number of likely N-dealkylation sites (tertiary alicyclic amines) is 1. The van der Waals surface area contributed by atoms with Crippen LogP contribution in [-0.2, 0) is 57.5 Å². The third-order valence-corrected chi connectivity index (χ3v) is 13.1. The van der Waals surface area contributed by atoms with Crippen LogP contribution in [0.4, 0.5) is 0 Å². The number of hydrogen-bond acceptors (Lipinski definition) is 11. The number of methoxy groups -OCH3 is 2. The summed E-state index contributed by atoms with van der Waals surface area (Å²) in [5.41, 5.74) is 0.660. The Morgan fingerprint density at radius 2 is 1.41 bits per heavy atom. The number of carboxylic acid groups (broad SMARTS) is 1. The number of halogens is 1. The molecule has 1 fully saturated rings. The summed E-state index contributed by atoms with van der Waals surface area (Å²) in [6.07, 6.45) is 0.833. The fourth-order valence-corrected chi connectivity index (χ4v) is 9.57. The average molecular weight is 1050 g/mol. The van der Waals surface area contributed by atoms with Gasteiger partial charge in [-0.15, -0.1) is 0 Å². The predicted octanol–water partition coefficient (Wildman–Crippen LogP) is 4.90.